The van der Waals surface area contributed by atoms with Crippen LogP contribution in [0.1, 0.15) is 72.6 Å². The molecule has 0 heterocycles. The quantitative estimate of drug-likeness (QED) is 0.719. The van der Waals surface area contributed by atoms with Crippen molar-refractivity contribution in [1.82, 2.24) is 5.32 Å². The Morgan fingerprint density at radius 2 is 1.94 bits per heavy atom. The summed E-state index contributed by atoms with van der Waals surface area (Å²) < 4.78 is 0. The zero-order valence-corrected chi connectivity index (χ0v) is 13.0. The van der Waals surface area contributed by atoms with Gasteiger partial charge in [0.2, 0.25) is 0 Å². The predicted molar refractivity (Wildman–Crippen MR) is 79.7 cm³/mol. The zero-order chi connectivity index (χ0) is 13.2. The van der Waals surface area contributed by atoms with E-state index in [1.165, 1.54) is 58.0 Å². The first-order chi connectivity index (χ1) is 8.48. The third-order valence-electron chi connectivity index (χ3n) is 5.62. The summed E-state index contributed by atoms with van der Waals surface area (Å²) in [5, 5.41) is 3.63. The SMILES string of the molecule is CCCNCC1CC12CCCC(C(C)(C)C)CC2. The Hall–Kier alpha value is -0.0400. The van der Waals surface area contributed by atoms with Crippen molar-refractivity contribution in [3.63, 3.8) is 0 Å². The molecule has 2 rings (SSSR count). The number of nitrogens with one attached hydrogen (secondary N) is 1. The van der Waals surface area contributed by atoms with Gasteiger partial charge in [-0.2, -0.15) is 0 Å². The average Bonchev–Trinajstić information content (AvgIpc) is 3.01. The first-order valence-electron chi connectivity index (χ1n) is 8.19. The molecule has 2 aliphatic rings. The molecule has 0 aromatic heterocycles. The molecule has 0 saturated heterocycles. The van der Waals surface area contributed by atoms with Crippen molar-refractivity contribution in [2.45, 2.75) is 72.6 Å². The van der Waals surface area contributed by atoms with E-state index >= 15 is 0 Å². The first-order valence-corrected chi connectivity index (χ1v) is 8.19. The number of hydrogen-bond acceptors (Lipinski definition) is 1. The highest BCUT2D eigenvalue weighted by Gasteiger charge is 2.53. The summed E-state index contributed by atoms with van der Waals surface area (Å²) in [4.78, 5) is 0. The Bertz CT molecular complexity index is 265. The number of hydrogen-bond donors (Lipinski definition) is 1. The molecule has 1 heteroatoms. The van der Waals surface area contributed by atoms with Crippen molar-refractivity contribution < 1.29 is 0 Å². The fourth-order valence-corrected chi connectivity index (χ4v) is 4.08. The standard InChI is InChI=1S/C17H33N/c1-5-11-18-13-15-12-17(15)9-6-7-14(8-10-17)16(2,3)4/h14-15,18H,5-13H2,1-4H3. The Morgan fingerprint density at radius 1 is 1.17 bits per heavy atom. The van der Waals surface area contributed by atoms with E-state index in [1.807, 2.05) is 0 Å². The van der Waals surface area contributed by atoms with Crippen LogP contribution in [0.3, 0.4) is 0 Å². The minimum Gasteiger partial charge on any atom is -0.316 e. The molecular weight excluding hydrogens is 218 g/mol. The van der Waals surface area contributed by atoms with Crippen LogP contribution in [0.25, 0.3) is 0 Å². The summed E-state index contributed by atoms with van der Waals surface area (Å²) in [6, 6.07) is 0. The highest BCUT2D eigenvalue weighted by molar-refractivity contribution is 5.04. The van der Waals surface area contributed by atoms with Gasteiger partial charge in [-0.05, 0) is 74.3 Å². The smallest absolute Gasteiger partial charge is 0.00150 e. The monoisotopic (exact) mass is 251 g/mol. The minimum atomic E-state index is 0.524. The molecule has 0 radical (unpaired) electrons. The largest absolute Gasteiger partial charge is 0.316 e. The lowest BCUT2D eigenvalue weighted by atomic mass is 9.76. The lowest BCUT2D eigenvalue weighted by Crippen LogP contribution is -2.21. The van der Waals surface area contributed by atoms with Crippen LogP contribution in [0.5, 0.6) is 0 Å². The van der Waals surface area contributed by atoms with Gasteiger partial charge in [-0.15, -0.1) is 0 Å². The van der Waals surface area contributed by atoms with Crippen molar-refractivity contribution >= 4 is 0 Å². The van der Waals surface area contributed by atoms with Crippen molar-refractivity contribution in [2.24, 2.45) is 22.7 Å². The fraction of sp³-hybridized carbons (Fsp3) is 1.00. The van der Waals surface area contributed by atoms with Crippen LogP contribution in [0, 0.1) is 22.7 Å². The van der Waals surface area contributed by atoms with Gasteiger partial charge in [0.05, 0.1) is 0 Å². The van der Waals surface area contributed by atoms with Gasteiger partial charge in [0, 0.05) is 0 Å². The Morgan fingerprint density at radius 3 is 2.61 bits per heavy atom. The molecule has 2 aliphatic carbocycles. The maximum atomic E-state index is 3.63. The topological polar surface area (TPSA) is 12.0 Å². The minimum absolute atomic E-state index is 0.524. The molecule has 106 valence electrons. The molecule has 2 saturated carbocycles. The molecule has 0 aromatic carbocycles. The predicted octanol–water partition coefficient (Wildman–Crippen LogP) is 4.62. The molecule has 0 aromatic rings. The van der Waals surface area contributed by atoms with Gasteiger partial charge < -0.3 is 5.32 Å². The van der Waals surface area contributed by atoms with Crippen molar-refractivity contribution in [1.29, 1.82) is 0 Å². The van der Waals surface area contributed by atoms with E-state index in [-0.39, 0.29) is 0 Å². The van der Waals surface area contributed by atoms with E-state index in [0.717, 1.165) is 17.3 Å². The molecule has 18 heavy (non-hydrogen) atoms. The maximum absolute atomic E-state index is 3.63. The lowest BCUT2D eigenvalue weighted by molar-refractivity contribution is 0.211. The Kier molecular flexibility index (Phi) is 4.41. The van der Waals surface area contributed by atoms with Crippen LogP contribution in [-0.2, 0) is 0 Å². The van der Waals surface area contributed by atoms with Gasteiger partial charge in [-0.3, -0.25) is 0 Å². The molecule has 0 amide bonds. The molecule has 0 bridgehead atoms. The van der Waals surface area contributed by atoms with Gasteiger partial charge in [-0.1, -0.05) is 34.1 Å². The van der Waals surface area contributed by atoms with E-state index in [2.05, 4.69) is 33.0 Å². The molecule has 2 fully saturated rings. The summed E-state index contributed by atoms with van der Waals surface area (Å²) in [7, 11) is 0. The molecule has 1 N–H and O–H groups in total. The molecular formula is C17H33N. The zero-order valence-electron chi connectivity index (χ0n) is 13.0. The van der Waals surface area contributed by atoms with Gasteiger partial charge in [0.25, 0.3) is 0 Å². The third-order valence-corrected chi connectivity index (χ3v) is 5.62. The lowest BCUT2D eigenvalue weighted by Gasteiger charge is -2.29. The van der Waals surface area contributed by atoms with Crippen molar-refractivity contribution in [2.75, 3.05) is 13.1 Å². The van der Waals surface area contributed by atoms with Crippen molar-refractivity contribution in [3.05, 3.63) is 0 Å². The summed E-state index contributed by atoms with van der Waals surface area (Å²) in [5.41, 5.74) is 1.29. The van der Waals surface area contributed by atoms with Gasteiger partial charge in [0.15, 0.2) is 0 Å². The molecule has 1 spiro atoms. The molecule has 3 atom stereocenters. The normalized spacial score (nSPS) is 36.7. The second-order valence-corrected chi connectivity index (χ2v) is 7.96. The first kappa shape index (κ1) is 14.4. The van der Waals surface area contributed by atoms with Crippen LogP contribution >= 0.6 is 0 Å². The summed E-state index contributed by atoms with van der Waals surface area (Å²) in [6.07, 6.45) is 10.2. The summed E-state index contributed by atoms with van der Waals surface area (Å²) in [5.74, 6) is 1.96. The Balaban J connectivity index is 1.80. The molecule has 1 nitrogen and oxygen atoms in total. The van der Waals surface area contributed by atoms with E-state index in [1.54, 1.807) is 0 Å². The van der Waals surface area contributed by atoms with Crippen LogP contribution in [0.2, 0.25) is 0 Å². The van der Waals surface area contributed by atoms with E-state index in [0.29, 0.717) is 5.41 Å². The van der Waals surface area contributed by atoms with Crippen LogP contribution in [0.4, 0.5) is 0 Å². The second-order valence-electron chi connectivity index (χ2n) is 7.96. The Labute approximate surface area is 114 Å². The number of rotatable bonds is 4. The van der Waals surface area contributed by atoms with E-state index < -0.39 is 0 Å². The maximum Gasteiger partial charge on any atom is -0.00150 e. The van der Waals surface area contributed by atoms with Gasteiger partial charge in [-0.25, -0.2) is 0 Å². The van der Waals surface area contributed by atoms with Crippen LogP contribution < -0.4 is 5.32 Å². The third kappa shape index (κ3) is 3.29. The highest BCUT2D eigenvalue weighted by Crippen LogP contribution is 2.61. The van der Waals surface area contributed by atoms with Gasteiger partial charge >= 0.3 is 0 Å². The van der Waals surface area contributed by atoms with Crippen molar-refractivity contribution in [3.8, 4) is 0 Å². The summed E-state index contributed by atoms with van der Waals surface area (Å²) in [6.45, 7) is 12.1. The van der Waals surface area contributed by atoms with Crippen LogP contribution in [0.15, 0.2) is 0 Å². The second kappa shape index (κ2) is 5.53. The molecule has 0 aliphatic heterocycles. The fourth-order valence-electron chi connectivity index (χ4n) is 4.08. The van der Waals surface area contributed by atoms with Crippen LogP contribution in [-0.4, -0.2) is 13.1 Å². The molecule has 3 unspecified atom stereocenters. The highest BCUT2D eigenvalue weighted by atomic mass is 14.9. The van der Waals surface area contributed by atoms with E-state index in [4.69, 9.17) is 0 Å². The van der Waals surface area contributed by atoms with Gasteiger partial charge in [0.1, 0.15) is 0 Å². The average molecular weight is 251 g/mol. The van der Waals surface area contributed by atoms with E-state index in [9.17, 15) is 0 Å². The summed E-state index contributed by atoms with van der Waals surface area (Å²) >= 11 is 0.